The molecule has 3 rings (SSSR count). The van der Waals surface area contributed by atoms with Crippen molar-refractivity contribution in [1.29, 1.82) is 0 Å². The van der Waals surface area contributed by atoms with Gasteiger partial charge in [0, 0.05) is 0 Å². The van der Waals surface area contributed by atoms with Crippen LogP contribution in [0.25, 0.3) is 0 Å². The summed E-state index contributed by atoms with van der Waals surface area (Å²) in [5.41, 5.74) is -42.5. The predicted octanol–water partition coefficient (Wildman–Crippen LogP) is 0.324. The Morgan fingerprint density at radius 2 is 0.356 bits per heavy atom. The smallest absolute Gasteiger partial charge is 0.347 e. The van der Waals surface area contributed by atoms with Crippen molar-refractivity contribution in [2.45, 2.75) is 13.3 Å². The summed E-state index contributed by atoms with van der Waals surface area (Å²) in [7, 11) is 0. The third-order valence-corrected chi connectivity index (χ3v) is 9.11. The molecule has 0 heterocycles. The summed E-state index contributed by atoms with van der Waals surface area (Å²) >= 11 is 0. The van der Waals surface area contributed by atoms with Gasteiger partial charge in [-0.25, -0.2) is 86.3 Å². The first kappa shape index (κ1) is 55.8. The molecule has 0 radical (unpaired) electrons. The zero-order valence-electron chi connectivity index (χ0n) is 34.8. The molecule has 0 aliphatic heterocycles. The maximum absolute atomic E-state index is 14.3. The number of hydrogen-bond donors (Lipinski definition) is 13. The van der Waals surface area contributed by atoms with E-state index in [1.807, 2.05) is 0 Å². The van der Waals surface area contributed by atoms with Crippen molar-refractivity contribution in [3.8, 4) is 0 Å². The molecule has 73 heavy (non-hydrogen) atoms. The molecule has 0 atom stereocenters. The molecular formula is C39H20O34. The molecule has 0 aromatic heterocycles. The van der Waals surface area contributed by atoms with E-state index in [2.05, 4.69) is 14.2 Å². The first-order valence-corrected chi connectivity index (χ1v) is 18.1. The summed E-state index contributed by atoms with van der Waals surface area (Å²) in [6.07, 6.45) is -0.329. The second-order valence-electron chi connectivity index (χ2n) is 13.2. The molecule has 0 spiro atoms. The van der Waals surface area contributed by atoms with E-state index in [4.69, 9.17) is 0 Å². The first-order chi connectivity index (χ1) is 33.6. The van der Waals surface area contributed by atoms with E-state index in [1.165, 1.54) is 6.92 Å². The normalized spacial score (nSPS) is 10.4. The summed E-state index contributed by atoms with van der Waals surface area (Å²) in [5, 5.41) is 129. The van der Waals surface area contributed by atoms with E-state index in [0.29, 0.717) is 0 Å². The third kappa shape index (κ3) is 9.92. The first-order valence-electron chi connectivity index (χ1n) is 18.1. The van der Waals surface area contributed by atoms with Crippen molar-refractivity contribution < 1.29 is 167 Å². The van der Waals surface area contributed by atoms with Gasteiger partial charge in [-0.3, -0.25) is 0 Å². The number of aromatic carboxylic acids is 13. The molecule has 3 aromatic rings. The predicted molar refractivity (Wildman–Crippen MR) is 210 cm³/mol. The summed E-state index contributed by atoms with van der Waals surface area (Å²) in [4.78, 5) is 232. The molecule has 0 unspecified atom stereocenters. The van der Waals surface area contributed by atoms with Gasteiger partial charge in [-0.15, -0.1) is 0 Å². The van der Waals surface area contributed by atoms with Gasteiger partial charge in [-0.05, 0) is 6.42 Å². The Hall–Kier alpha value is -11.5. The van der Waals surface area contributed by atoms with Gasteiger partial charge in [-0.1, -0.05) is 6.92 Å². The number of benzene rings is 3. The van der Waals surface area contributed by atoms with Crippen molar-refractivity contribution in [3.63, 3.8) is 0 Å². The number of carboxylic acids is 13. The van der Waals surface area contributed by atoms with Gasteiger partial charge >= 0.3 is 107 Å². The minimum absolute atomic E-state index is 0.329. The van der Waals surface area contributed by atoms with Crippen molar-refractivity contribution >= 4 is 107 Å². The lowest BCUT2D eigenvalue weighted by molar-refractivity contribution is 0.0342. The van der Waals surface area contributed by atoms with Crippen LogP contribution in [0.1, 0.15) is 200 Å². The van der Waals surface area contributed by atoms with Crippen LogP contribution >= 0.6 is 0 Å². The van der Waals surface area contributed by atoms with Crippen molar-refractivity contribution in [2.24, 2.45) is 0 Å². The minimum Gasteiger partial charge on any atom is -0.478 e. The monoisotopic (exact) mass is 1030 g/mol. The highest BCUT2D eigenvalue weighted by molar-refractivity contribution is 6.29. The lowest BCUT2D eigenvalue weighted by Gasteiger charge is -2.21. The number of rotatable bonds is 20. The van der Waals surface area contributed by atoms with Crippen molar-refractivity contribution in [1.82, 2.24) is 0 Å². The molecular weight excluding hydrogens is 1010 g/mol. The molecule has 0 fully saturated rings. The van der Waals surface area contributed by atoms with E-state index in [-0.39, 0.29) is 6.42 Å². The second-order valence-corrected chi connectivity index (χ2v) is 13.2. The van der Waals surface area contributed by atoms with Crippen LogP contribution in [0.15, 0.2) is 0 Å². The quantitative estimate of drug-likeness (QED) is 0.0412. The van der Waals surface area contributed by atoms with Gasteiger partial charge < -0.3 is 80.6 Å². The maximum Gasteiger partial charge on any atom is 0.347 e. The number of hydrogen-bond acceptors (Lipinski definition) is 21. The van der Waals surface area contributed by atoms with Crippen molar-refractivity contribution in [3.05, 3.63) is 100 Å². The highest BCUT2D eigenvalue weighted by atomic mass is 16.6. The Bertz CT molecular complexity index is 3140. The van der Waals surface area contributed by atoms with Crippen LogP contribution in [-0.2, 0) is 14.2 Å². The van der Waals surface area contributed by atoms with Crippen LogP contribution in [0.3, 0.4) is 0 Å². The van der Waals surface area contributed by atoms with E-state index < -0.39 is 214 Å². The van der Waals surface area contributed by atoms with E-state index >= 15 is 0 Å². The fraction of sp³-hybridized carbons (Fsp3) is 0.0769. The van der Waals surface area contributed by atoms with E-state index in [0.717, 1.165) is 0 Å². The summed E-state index contributed by atoms with van der Waals surface area (Å²) in [6.45, 7) is 0.226. The van der Waals surface area contributed by atoms with Gasteiger partial charge in [0.1, 0.15) is 0 Å². The molecule has 0 saturated heterocycles. The Morgan fingerprint density at radius 3 is 0.507 bits per heavy atom. The molecule has 34 heteroatoms. The molecule has 0 amide bonds. The molecule has 0 saturated carbocycles. The van der Waals surface area contributed by atoms with Gasteiger partial charge in [0.2, 0.25) is 0 Å². The van der Waals surface area contributed by atoms with Crippen LogP contribution in [0, 0.1) is 0 Å². The van der Waals surface area contributed by atoms with Crippen LogP contribution in [0.2, 0.25) is 0 Å². The Kier molecular flexibility index (Phi) is 15.9. The van der Waals surface area contributed by atoms with Crippen LogP contribution < -0.4 is 0 Å². The molecule has 380 valence electrons. The Balaban J connectivity index is 2.82. The fourth-order valence-corrected chi connectivity index (χ4v) is 6.69. The van der Waals surface area contributed by atoms with Crippen LogP contribution in [-0.4, -0.2) is 180 Å². The lowest BCUT2D eigenvalue weighted by Crippen LogP contribution is -2.33. The Labute approximate surface area is 394 Å². The maximum atomic E-state index is 14.3. The van der Waals surface area contributed by atoms with Crippen molar-refractivity contribution in [2.75, 3.05) is 6.61 Å². The summed E-state index contributed by atoms with van der Waals surface area (Å²) in [5.74, 6) is -51.5. The number of carbonyl (C=O) groups is 18. The Morgan fingerprint density at radius 1 is 0.233 bits per heavy atom. The summed E-state index contributed by atoms with van der Waals surface area (Å²) in [6, 6.07) is 0. The molecule has 0 bridgehead atoms. The highest BCUT2D eigenvalue weighted by Gasteiger charge is 2.47. The average Bonchev–Trinajstić information content (AvgIpc) is 3.26. The van der Waals surface area contributed by atoms with Gasteiger partial charge in [0.15, 0.2) is 0 Å². The number of esters is 5. The van der Waals surface area contributed by atoms with Gasteiger partial charge in [0.25, 0.3) is 0 Å². The molecule has 13 N–H and O–H groups in total. The number of carbonyl (C=O) groups excluding carboxylic acids is 5. The topological polar surface area (TPSA) is 598 Å². The highest BCUT2D eigenvalue weighted by Crippen LogP contribution is 2.36. The van der Waals surface area contributed by atoms with Gasteiger partial charge in [-0.2, -0.15) is 0 Å². The molecule has 0 aliphatic rings. The lowest BCUT2D eigenvalue weighted by atomic mass is 9.85. The average molecular weight is 1030 g/mol. The molecule has 34 nitrogen and oxygen atoms in total. The molecule has 3 aromatic carbocycles. The fourth-order valence-electron chi connectivity index (χ4n) is 6.69. The zero-order valence-corrected chi connectivity index (χ0v) is 34.8. The number of ether oxygens (including phenoxy) is 3. The third-order valence-electron chi connectivity index (χ3n) is 9.11. The second kappa shape index (κ2) is 20.8. The SMILES string of the molecule is CCCOC(=O)c1c(C(=O)O)c(C(=O)O)c(C(=O)O)c(C(=O)OC(=O)c2c(C(=O)O)c(C(=O)O)c(C(=O)O)c(C(=O)O)c2C(=O)O)c1C(=O)OC(=O)c1c(C(=O)O)c(C(=O)O)c(C(=O)O)c(C(=O)O)c1C(=O)O. The standard InChI is InChI=1S/C39H20O34/c1-2-3-71-35(66)19-15(33(62)63)10(28(52)53)16(34(64)65)20(38(69)72-36(67)17-11(29(54)55)6(24(44)45)4(22(40)41)7(25(46)47)12(17)30(56)57)21(19)39(70)73-37(68)18-13(31(58)59)8(26(48)49)5(23(42)43)9(27(50)51)14(18)32(60)61/h2-3H2,1H3,(H,40,41)(H,42,43)(H,44,45)(H,46,47)(H,48,49)(H,50,51)(H,52,53)(H,54,55)(H,56,57)(H,58,59)(H,60,61)(H,62,63)(H,64,65). The largest absolute Gasteiger partial charge is 0.478 e. The van der Waals surface area contributed by atoms with E-state index in [1.54, 1.807) is 0 Å². The van der Waals surface area contributed by atoms with Crippen LogP contribution in [0.5, 0.6) is 0 Å². The van der Waals surface area contributed by atoms with Gasteiger partial charge in [0.05, 0.1) is 107 Å². The van der Waals surface area contributed by atoms with E-state index in [9.17, 15) is 153 Å². The minimum atomic E-state index is -3.14. The summed E-state index contributed by atoms with van der Waals surface area (Å²) < 4.78 is 13.3. The van der Waals surface area contributed by atoms with Crippen LogP contribution in [0.4, 0.5) is 0 Å². The number of carboxylic acid groups (broad SMARTS) is 13. The zero-order chi connectivity index (χ0) is 56.3. The molecule has 0 aliphatic carbocycles.